The minimum absolute atomic E-state index is 0. The zero-order valence-electron chi connectivity index (χ0n) is 44.1. The van der Waals surface area contributed by atoms with Gasteiger partial charge in [-0.15, -0.1) is 48.0 Å². The van der Waals surface area contributed by atoms with E-state index in [0.717, 1.165) is 25.7 Å². The molecule has 8 aromatic rings. The molecule has 0 aliphatic heterocycles. The van der Waals surface area contributed by atoms with Gasteiger partial charge in [0.05, 0.1) is 0 Å². The van der Waals surface area contributed by atoms with Crippen molar-refractivity contribution in [3.8, 4) is 0 Å². The number of hydrogen-bond donors (Lipinski definition) is 0. The van der Waals surface area contributed by atoms with Gasteiger partial charge in [0.2, 0.25) is 0 Å². The van der Waals surface area contributed by atoms with Gasteiger partial charge in [-0.2, -0.15) is 0 Å². The molecule has 0 spiro atoms. The van der Waals surface area contributed by atoms with Crippen LogP contribution in [0.1, 0.15) is 75.6 Å². The molecule has 0 radical (unpaired) electrons. The van der Waals surface area contributed by atoms with Crippen LogP contribution >= 0.6 is 0 Å². The average Bonchev–Trinajstić information content (AvgIpc) is 4.23. The summed E-state index contributed by atoms with van der Waals surface area (Å²) in [6, 6.07) is 60.2. The van der Waals surface area contributed by atoms with Crippen LogP contribution in [0.5, 0.6) is 0 Å². The number of benzene rings is 8. The fourth-order valence-electron chi connectivity index (χ4n) is 9.11. The molecule has 0 nitrogen and oxygen atoms in total. The second kappa shape index (κ2) is 30.3. The predicted octanol–water partition coefficient (Wildman–Crippen LogP) is 13.1. The topological polar surface area (TPSA) is 0 Å². The Kier molecular flexibility index (Phi) is 24.7. The van der Waals surface area contributed by atoms with Crippen LogP contribution in [-0.4, -0.2) is 11.0 Å². The first-order valence-corrected chi connectivity index (χ1v) is 40.7. The summed E-state index contributed by atoms with van der Waals surface area (Å²) >= 11 is 2.90. The van der Waals surface area contributed by atoms with Crippen molar-refractivity contribution in [2.24, 2.45) is 0 Å². The normalized spacial score (nSPS) is 13.8. The van der Waals surface area contributed by atoms with Gasteiger partial charge in [-0.1, -0.05) is 198 Å². The maximum atomic E-state index is 3.36. The van der Waals surface area contributed by atoms with Crippen LogP contribution in [-0.2, 0) is 46.0 Å². The van der Waals surface area contributed by atoms with Crippen molar-refractivity contribution in [2.75, 3.05) is 0 Å². The van der Waals surface area contributed by atoms with Crippen molar-refractivity contribution >= 4 is 76.4 Å². The molecule has 0 unspecified atom stereocenters. The summed E-state index contributed by atoms with van der Waals surface area (Å²) in [5, 5.41) is 10.6. The summed E-state index contributed by atoms with van der Waals surface area (Å²) in [5.41, 5.74) is 16.5. The molecule has 8 aromatic carbocycles. The van der Waals surface area contributed by atoms with E-state index in [1.165, 1.54) is 156 Å². The molecule has 0 bridgehead atoms. The molecule has 12 rings (SSSR count). The Hall–Kier alpha value is -4.53. The van der Waals surface area contributed by atoms with Gasteiger partial charge in [-0.3, -0.25) is 24.3 Å². The second-order valence-corrected chi connectivity index (χ2v) is 44.5. The van der Waals surface area contributed by atoms with Crippen LogP contribution in [0.2, 0.25) is 26.2 Å². The Morgan fingerprint density at radius 1 is 0.297 bits per heavy atom. The standard InChI is InChI=1S/4C16H13.2C2H6Si.2ClH.2Hf/c4*1-12-9-10-14(11-12)16-8-4-6-13-5-2-3-7-15(13)16;2*1-3-2;;;;/h4*2-8,11H,10H2,1H3;2*1-2H3;2*1H;;/q4*-1;;;;;2*+2/p-2. The molecule has 6 heteroatoms. The summed E-state index contributed by atoms with van der Waals surface area (Å²) in [6.07, 6.45) is 26.2. The van der Waals surface area contributed by atoms with Crippen molar-refractivity contribution in [2.45, 2.75) is 79.6 Å². The summed E-state index contributed by atoms with van der Waals surface area (Å²) in [6.45, 7) is 17.8. The van der Waals surface area contributed by atoms with E-state index in [0.29, 0.717) is 0 Å². The first kappa shape index (κ1) is 60.3. The van der Waals surface area contributed by atoms with Gasteiger partial charge in [0.25, 0.3) is 0 Å². The first-order valence-electron chi connectivity index (χ1n) is 24.9. The third-order valence-electron chi connectivity index (χ3n) is 12.3. The van der Waals surface area contributed by atoms with E-state index in [9.17, 15) is 0 Å². The van der Waals surface area contributed by atoms with E-state index in [4.69, 9.17) is 0 Å². The van der Waals surface area contributed by atoms with Crippen LogP contribution in [0.4, 0.5) is 0 Å². The largest absolute Gasteiger partial charge is 1.00 e. The molecular weight excluding hydrogens is 1300 g/mol. The van der Waals surface area contributed by atoms with E-state index in [1.54, 1.807) is 0 Å². The quantitative estimate of drug-likeness (QED) is 0.122. The van der Waals surface area contributed by atoms with Gasteiger partial charge in [0, 0.05) is 0 Å². The van der Waals surface area contributed by atoms with Crippen LogP contribution < -0.4 is 24.8 Å². The van der Waals surface area contributed by atoms with Gasteiger partial charge < -0.3 is 24.8 Å². The zero-order valence-corrected chi connectivity index (χ0v) is 54.8. The van der Waals surface area contributed by atoms with Gasteiger partial charge >= 0.3 is 83.2 Å². The summed E-state index contributed by atoms with van der Waals surface area (Å²) in [5.74, 6) is 0. The van der Waals surface area contributed by atoms with E-state index >= 15 is 0 Å². The molecule has 4 aliphatic rings. The Balaban J connectivity index is 0.000000173. The SMILES string of the molecule is CC1=[C-]CC(c2cccc3ccccc23)=C1.CC1=[C-]CC(c2cccc3ccccc23)=C1.CC1=[C-]CC(c2cccc3ccccc23)=C1.CC1=[C-]CC(c2cccc3ccccc23)=C1.C[Si](C)=[Hf+2].C[Si](C)=[Hf+2].[Cl-].[Cl-]. The number of allylic oxidation sites excluding steroid dienone is 16. The first-order chi connectivity index (χ1) is 34.8. The van der Waals surface area contributed by atoms with E-state index < -0.39 is 0 Å². The monoisotopic (exact) mass is 1370 g/mol. The second-order valence-electron chi connectivity index (χ2n) is 18.9. The molecular formula is C68H64Cl2Hf2Si2-2. The van der Waals surface area contributed by atoms with Crippen LogP contribution in [0.3, 0.4) is 0 Å². The predicted molar refractivity (Wildman–Crippen MR) is 311 cm³/mol. The minimum Gasteiger partial charge on any atom is -1.00 e. The number of hydrogen-bond acceptors (Lipinski definition) is 0. The number of fused-ring (bicyclic) bond motifs is 4. The fraction of sp³-hybridized carbons (Fsp3) is 0.176. The number of rotatable bonds is 4. The maximum Gasteiger partial charge on any atom is -1.00 e. The Morgan fingerprint density at radius 2 is 0.473 bits per heavy atom. The van der Waals surface area contributed by atoms with E-state index in [-0.39, 0.29) is 35.8 Å². The molecule has 0 saturated heterocycles. The van der Waals surface area contributed by atoms with Crippen LogP contribution in [0, 0.1) is 24.3 Å². The Bertz CT molecular complexity index is 3060. The number of halogens is 2. The van der Waals surface area contributed by atoms with Crippen molar-refractivity contribution in [3.05, 3.63) is 263 Å². The smallest absolute Gasteiger partial charge is 1.00 e. The molecule has 0 fully saturated rings. The average molecular weight is 1370 g/mol. The summed E-state index contributed by atoms with van der Waals surface area (Å²) in [4.78, 5) is 0. The van der Waals surface area contributed by atoms with E-state index in [2.05, 4.69) is 272 Å². The van der Waals surface area contributed by atoms with Crippen molar-refractivity contribution in [3.63, 3.8) is 0 Å². The van der Waals surface area contributed by atoms with E-state index in [1.807, 2.05) is 0 Å². The minimum atomic E-state index is 0. The third kappa shape index (κ3) is 17.2. The van der Waals surface area contributed by atoms with Crippen LogP contribution in [0.15, 0.2) is 216 Å². The molecule has 4 aliphatic carbocycles. The molecule has 0 saturated carbocycles. The molecule has 0 aromatic heterocycles. The van der Waals surface area contributed by atoms with Gasteiger partial charge in [0.15, 0.2) is 0 Å². The molecule has 0 N–H and O–H groups in total. The Morgan fingerprint density at radius 3 is 0.649 bits per heavy atom. The molecule has 0 atom stereocenters. The molecule has 368 valence electrons. The third-order valence-corrected chi connectivity index (χ3v) is 12.3. The van der Waals surface area contributed by atoms with Gasteiger partial charge in [-0.25, -0.2) is 46.6 Å². The summed E-state index contributed by atoms with van der Waals surface area (Å²) in [7, 11) is 0. The Labute approximate surface area is 485 Å². The van der Waals surface area contributed by atoms with Crippen LogP contribution in [0.25, 0.3) is 65.4 Å². The fourth-order valence-corrected chi connectivity index (χ4v) is 9.11. The maximum absolute atomic E-state index is 3.36. The van der Waals surface area contributed by atoms with Gasteiger partial charge in [0.1, 0.15) is 0 Å². The van der Waals surface area contributed by atoms with Gasteiger partial charge in [-0.05, 0) is 65.3 Å². The molecule has 0 heterocycles. The zero-order chi connectivity index (χ0) is 51.0. The molecule has 74 heavy (non-hydrogen) atoms. The van der Waals surface area contributed by atoms with Crippen molar-refractivity contribution < 1.29 is 70.8 Å². The summed E-state index contributed by atoms with van der Waals surface area (Å²) < 4.78 is 0. The van der Waals surface area contributed by atoms with Crippen molar-refractivity contribution in [1.82, 2.24) is 0 Å². The van der Waals surface area contributed by atoms with Crippen molar-refractivity contribution in [1.29, 1.82) is 0 Å². The molecule has 0 amide bonds.